The molecule has 160 valence electrons. The first kappa shape index (κ1) is 20.0. The highest BCUT2D eigenvalue weighted by atomic mass is 14.3. The van der Waals surface area contributed by atoms with Gasteiger partial charge in [0.05, 0.1) is 0 Å². The van der Waals surface area contributed by atoms with Gasteiger partial charge in [0.1, 0.15) is 0 Å². The van der Waals surface area contributed by atoms with Gasteiger partial charge >= 0.3 is 0 Å². The number of hydrogen-bond acceptors (Lipinski definition) is 0. The fraction of sp³-hybridized carbons (Fsp3) is 0.152. The number of fused-ring (bicyclic) bond motifs is 2. The summed E-state index contributed by atoms with van der Waals surface area (Å²) < 4.78 is 0. The molecule has 0 heterocycles. The van der Waals surface area contributed by atoms with Gasteiger partial charge in [0.2, 0.25) is 0 Å². The first-order chi connectivity index (χ1) is 16.2. The van der Waals surface area contributed by atoms with Crippen molar-refractivity contribution in [3.8, 4) is 22.3 Å². The molecule has 0 unspecified atom stereocenters. The van der Waals surface area contributed by atoms with Crippen molar-refractivity contribution < 1.29 is 0 Å². The first-order valence-electron chi connectivity index (χ1n) is 11.9. The van der Waals surface area contributed by atoms with Crippen LogP contribution in [0.15, 0.2) is 108 Å². The minimum atomic E-state index is 1.01. The van der Waals surface area contributed by atoms with Crippen molar-refractivity contribution in [2.45, 2.75) is 33.1 Å². The predicted octanol–water partition coefficient (Wildman–Crippen LogP) is 8.77. The Morgan fingerprint density at radius 2 is 0.909 bits per heavy atom. The Morgan fingerprint density at radius 3 is 1.33 bits per heavy atom. The van der Waals surface area contributed by atoms with Crippen molar-refractivity contribution >= 4 is 11.1 Å². The molecule has 0 amide bonds. The summed E-state index contributed by atoms with van der Waals surface area (Å²) in [6, 6.07) is 35.4. The molecule has 0 spiro atoms. The van der Waals surface area contributed by atoms with Crippen LogP contribution in [-0.2, 0) is 12.8 Å². The predicted molar refractivity (Wildman–Crippen MR) is 141 cm³/mol. The molecule has 0 saturated carbocycles. The summed E-state index contributed by atoms with van der Waals surface area (Å²) in [5.74, 6) is 0. The van der Waals surface area contributed by atoms with Crippen molar-refractivity contribution in [1.29, 1.82) is 0 Å². The minimum Gasteiger partial charge on any atom is -0.0647 e. The third-order valence-electron chi connectivity index (χ3n) is 7.37. The van der Waals surface area contributed by atoms with Crippen molar-refractivity contribution in [2.75, 3.05) is 0 Å². The number of allylic oxidation sites excluding steroid dienone is 4. The van der Waals surface area contributed by atoms with Gasteiger partial charge in [0, 0.05) is 0 Å². The average Bonchev–Trinajstić information content (AvgIpc) is 3.35. The monoisotopic (exact) mass is 424 g/mol. The SMILES string of the molecule is CC1=C(CC2=C(C)Cc3cccc(-c4ccccc4)c32)c2c(cccc2-c2ccccc2)C1. The molecule has 2 aliphatic carbocycles. The van der Waals surface area contributed by atoms with E-state index in [1.54, 1.807) is 0 Å². The maximum atomic E-state index is 2.33. The molecule has 0 saturated heterocycles. The number of benzene rings is 4. The second-order valence-electron chi connectivity index (χ2n) is 9.46. The zero-order valence-electron chi connectivity index (χ0n) is 19.4. The van der Waals surface area contributed by atoms with E-state index in [1.807, 2.05) is 0 Å². The Hall–Kier alpha value is -3.64. The van der Waals surface area contributed by atoms with Crippen LogP contribution in [0.3, 0.4) is 0 Å². The summed E-state index contributed by atoms with van der Waals surface area (Å²) in [7, 11) is 0. The Kier molecular flexibility index (Phi) is 4.88. The molecular weight excluding hydrogens is 396 g/mol. The first-order valence-corrected chi connectivity index (χ1v) is 11.9. The van der Waals surface area contributed by atoms with Crippen molar-refractivity contribution in [3.63, 3.8) is 0 Å². The van der Waals surface area contributed by atoms with Crippen LogP contribution in [-0.4, -0.2) is 0 Å². The largest absolute Gasteiger partial charge is 0.0647 e. The van der Waals surface area contributed by atoms with Crippen molar-refractivity contribution in [3.05, 3.63) is 130 Å². The molecule has 33 heavy (non-hydrogen) atoms. The lowest BCUT2D eigenvalue weighted by Crippen LogP contribution is -1.95. The van der Waals surface area contributed by atoms with Gasteiger partial charge in [0.15, 0.2) is 0 Å². The molecule has 0 bridgehead atoms. The third-order valence-corrected chi connectivity index (χ3v) is 7.37. The Labute approximate surface area is 196 Å². The normalized spacial score (nSPS) is 14.6. The summed E-state index contributed by atoms with van der Waals surface area (Å²) in [6.45, 7) is 4.66. The molecule has 4 aromatic carbocycles. The lowest BCUT2D eigenvalue weighted by atomic mass is 9.86. The molecule has 0 fully saturated rings. The van der Waals surface area contributed by atoms with Gasteiger partial charge in [-0.2, -0.15) is 0 Å². The van der Waals surface area contributed by atoms with E-state index in [0.29, 0.717) is 0 Å². The standard InChI is InChI=1S/C33H28/c1-22-19-26-15-9-17-28(24-11-5-3-6-12-24)32(26)30(22)21-31-23(2)20-27-16-10-18-29(33(27)31)25-13-7-4-8-14-25/h3-18H,19-21H2,1-2H3. The highest BCUT2D eigenvalue weighted by Gasteiger charge is 2.28. The zero-order chi connectivity index (χ0) is 22.4. The van der Waals surface area contributed by atoms with Crippen LogP contribution in [0.2, 0.25) is 0 Å². The van der Waals surface area contributed by atoms with E-state index < -0.39 is 0 Å². The molecule has 0 heteroatoms. The lowest BCUT2D eigenvalue weighted by Gasteiger charge is -2.17. The number of rotatable bonds is 4. The third kappa shape index (κ3) is 3.38. The quantitative estimate of drug-likeness (QED) is 0.307. The second-order valence-corrected chi connectivity index (χ2v) is 9.46. The maximum Gasteiger partial charge on any atom is -0.00141 e. The van der Waals surface area contributed by atoms with Gasteiger partial charge in [-0.25, -0.2) is 0 Å². The molecule has 6 rings (SSSR count). The summed E-state index contributed by atoms with van der Waals surface area (Å²) >= 11 is 0. The molecule has 0 N–H and O–H groups in total. The smallest absolute Gasteiger partial charge is 0.00141 e. The van der Waals surface area contributed by atoms with Crippen LogP contribution in [0.1, 0.15) is 42.5 Å². The van der Waals surface area contributed by atoms with E-state index in [1.165, 1.54) is 66.8 Å². The van der Waals surface area contributed by atoms with Gasteiger partial charge < -0.3 is 0 Å². The zero-order valence-corrected chi connectivity index (χ0v) is 19.4. The van der Waals surface area contributed by atoms with Crippen LogP contribution in [0.4, 0.5) is 0 Å². The van der Waals surface area contributed by atoms with Gasteiger partial charge in [-0.1, -0.05) is 108 Å². The van der Waals surface area contributed by atoms with Crippen LogP contribution >= 0.6 is 0 Å². The van der Waals surface area contributed by atoms with Crippen molar-refractivity contribution in [2.24, 2.45) is 0 Å². The Bertz CT molecular complexity index is 1300. The van der Waals surface area contributed by atoms with Crippen LogP contribution in [0, 0.1) is 0 Å². The van der Waals surface area contributed by atoms with Crippen LogP contribution < -0.4 is 0 Å². The van der Waals surface area contributed by atoms with E-state index in [4.69, 9.17) is 0 Å². The molecular formula is C33H28. The highest BCUT2D eigenvalue weighted by Crippen LogP contribution is 2.48. The van der Waals surface area contributed by atoms with Gasteiger partial charge in [0.25, 0.3) is 0 Å². The van der Waals surface area contributed by atoms with Crippen LogP contribution in [0.25, 0.3) is 33.4 Å². The molecule has 0 aromatic heterocycles. The Morgan fingerprint density at radius 1 is 0.485 bits per heavy atom. The molecule has 0 radical (unpaired) electrons. The summed E-state index contributed by atoms with van der Waals surface area (Å²) in [4.78, 5) is 0. The molecule has 0 atom stereocenters. The molecule has 0 nitrogen and oxygen atoms in total. The molecule has 2 aliphatic rings. The van der Waals surface area contributed by atoms with E-state index in [0.717, 1.165) is 19.3 Å². The van der Waals surface area contributed by atoms with Crippen molar-refractivity contribution in [1.82, 2.24) is 0 Å². The van der Waals surface area contributed by atoms with Gasteiger partial charge in [-0.05, 0) is 88.8 Å². The topological polar surface area (TPSA) is 0 Å². The minimum absolute atomic E-state index is 1.01. The summed E-state index contributed by atoms with van der Waals surface area (Å²) in [5, 5.41) is 0. The number of hydrogen-bond donors (Lipinski definition) is 0. The summed E-state index contributed by atoms with van der Waals surface area (Å²) in [6.07, 6.45) is 3.13. The van der Waals surface area contributed by atoms with E-state index >= 15 is 0 Å². The highest BCUT2D eigenvalue weighted by molar-refractivity contribution is 5.96. The van der Waals surface area contributed by atoms with Gasteiger partial charge in [-0.15, -0.1) is 0 Å². The fourth-order valence-electron chi connectivity index (χ4n) is 5.79. The lowest BCUT2D eigenvalue weighted by molar-refractivity contribution is 1.18. The second kappa shape index (κ2) is 8.05. The van der Waals surface area contributed by atoms with E-state index in [9.17, 15) is 0 Å². The molecule has 4 aromatic rings. The van der Waals surface area contributed by atoms with Gasteiger partial charge in [-0.3, -0.25) is 0 Å². The van der Waals surface area contributed by atoms with E-state index in [-0.39, 0.29) is 0 Å². The van der Waals surface area contributed by atoms with Crippen LogP contribution in [0.5, 0.6) is 0 Å². The fourth-order valence-corrected chi connectivity index (χ4v) is 5.79. The maximum absolute atomic E-state index is 2.33. The van der Waals surface area contributed by atoms with E-state index in [2.05, 4.69) is 111 Å². The summed E-state index contributed by atoms with van der Waals surface area (Å²) in [5.41, 5.74) is 17.3. The Balaban J connectivity index is 1.47. The average molecular weight is 425 g/mol. The molecule has 0 aliphatic heterocycles.